The van der Waals surface area contributed by atoms with Crippen LogP contribution in [0.5, 0.6) is 0 Å². The molecule has 0 bridgehead atoms. The van der Waals surface area contributed by atoms with Crippen LogP contribution in [0.3, 0.4) is 0 Å². The number of hydrogen-bond acceptors (Lipinski definition) is 14. The lowest BCUT2D eigenvalue weighted by molar-refractivity contribution is -0.129. The molecule has 0 spiro atoms. The molecule has 2 saturated heterocycles. The number of aromatic nitrogens is 10. The van der Waals surface area contributed by atoms with E-state index in [1.54, 1.807) is 82.3 Å². The number of halogens is 2. The molecule has 2 atom stereocenters. The second-order valence-corrected chi connectivity index (χ2v) is 14.6. The van der Waals surface area contributed by atoms with Gasteiger partial charge in [0.15, 0.2) is 23.3 Å². The first-order valence-electron chi connectivity index (χ1n) is 19.4. The van der Waals surface area contributed by atoms with E-state index in [-0.39, 0.29) is 19.2 Å². The molecule has 2 amide bonds. The van der Waals surface area contributed by atoms with Gasteiger partial charge >= 0.3 is 0 Å². The van der Waals surface area contributed by atoms with Crippen LogP contribution < -0.4 is 19.6 Å². The summed E-state index contributed by atoms with van der Waals surface area (Å²) in [5.41, 5.74) is 0.755. The van der Waals surface area contributed by atoms with Crippen molar-refractivity contribution in [2.24, 2.45) is 0 Å². The van der Waals surface area contributed by atoms with Gasteiger partial charge in [-0.3, -0.25) is 18.7 Å². The molecule has 316 valence electrons. The van der Waals surface area contributed by atoms with Crippen molar-refractivity contribution in [3.05, 3.63) is 85.5 Å². The van der Waals surface area contributed by atoms with Crippen LogP contribution >= 0.6 is 0 Å². The van der Waals surface area contributed by atoms with Crippen molar-refractivity contribution in [2.75, 3.05) is 73.2 Å². The SMILES string of the molecule is C.CC[C@@]12COCCN1c1nc(-n3ccnc3-c3ccc(F)cn3)ncc1N(C)C2=O.CC[C@]12COCCN1c1nc(-n3ccnc3-c3ccc(F)cn3)ncc1N(C)C2=O. The van der Waals surface area contributed by atoms with E-state index in [4.69, 9.17) is 19.4 Å². The van der Waals surface area contributed by atoms with E-state index in [1.807, 2.05) is 23.6 Å². The molecule has 2 fully saturated rings. The normalized spacial score (nSPS) is 20.5. The van der Waals surface area contributed by atoms with Gasteiger partial charge in [0.05, 0.1) is 51.2 Å². The number of morpholine rings is 2. The smallest absolute Gasteiger partial charge is 0.255 e. The zero-order chi connectivity index (χ0) is 41.8. The molecule has 61 heavy (non-hydrogen) atoms. The fourth-order valence-electron chi connectivity index (χ4n) is 8.22. The third-order valence-electron chi connectivity index (χ3n) is 11.5. The Kier molecular flexibility index (Phi) is 10.7. The number of fused-ring (bicyclic) bond motifs is 6. The quantitative estimate of drug-likeness (QED) is 0.232. The lowest BCUT2D eigenvalue weighted by Gasteiger charge is -2.51. The molecule has 10 heterocycles. The molecule has 0 aliphatic carbocycles. The van der Waals surface area contributed by atoms with E-state index in [0.29, 0.717) is 110 Å². The molecular weight excluding hydrogens is 791 g/mol. The standard InChI is InChI=1S/2C20H20FN7O2.CH4/c2*1-3-20-12-30-9-8-28(20)17-15(26(2)18(20)29)11-24-19(25-17)27-7-6-22-16(27)14-5-4-13(21)10-23-14;/h2*4-7,10-11H,3,8-9,12H2,1-2H3;1H4/t2*20-;/m10./s1. The zero-order valence-electron chi connectivity index (χ0n) is 33.2. The molecule has 0 radical (unpaired) electrons. The minimum absolute atomic E-state index is 0. The number of ether oxygens (including phenoxy) is 2. The Balaban J connectivity index is 0.000000166. The molecule has 6 aromatic heterocycles. The first-order valence-corrected chi connectivity index (χ1v) is 19.4. The van der Waals surface area contributed by atoms with Crippen LogP contribution in [0.2, 0.25) is 0 Å². The van der Waals surface area contributed by atoms with Crippen molar-refractivity contribution in [3.63, 3.8) is 0 Å². The highest BCUT2D eigenvalue weighted by molar-refractivity contribution is 6.08. The second kappa shape index (κ2) is 16.0. The van der Waals surface area contributed by atoms with Crippen molar-refractivity contribution < 1.29 is 27.8 Å². The predicted molar refractivity (Wildman–Crippen MR) is 221 cm³/mol. The number of rotatable bonds is 6. The summed E-state index contributed by atoms with van der Waals surface area (Å²) in [5, 5.41) is 0. The van der Waals surface area contributed by atoms with E-state index in [9.17, 15) is 18.4 Å². The molecule has 18 nitrogen and oxygen atoms in total. The van der Waals surface area contributed by atoms with Gasteiger partial charge in [-0.05, 0) is 37.1 Å². The van der Waals surface area contributed by atoms with Crippen LogP contribution in [-0.2, 0) is 19.1 Å². The molecule has 0 aromatic carbocycles. The maximum Gasteiger partial charge on any atom is 0.255 e. The number of likely N-dealkylation sites (N-methyl/N-ethyl adjacent to an activating group) is 2. The summed E-state index contributed by atoms with van der Waals surface area (Å²) in [6, 6.07) is 5.78. The number of pyridine rings is 2. The monoisotopic (exact) mass is 834 g/mol. The summed E-state index contributed by atoms with van der Waals surface area (Å²) in [4.78, 5) is 69.0. The first kappa shape index (κ1) is 41.0. The highest BCUT2D eigenvalue weighted by atomic mass is 19.1. The Bertz CT molecular complexity index is 2410. The van der Waals surface area contributed by atoms with Gasteiger partial charge < -0.3 is 29.1 Å². The number of carbonyl (C=O) groups is 2. The Morgan fingerprint density at radius 3 is 1.43 bits per heavy atom. The van der Waals surface area contributed by atoms with Gasteiger partial charge in [0.25, 0.3) is 11.8 Å². The average molecular weight is 835 g/mol. The van der Waals surface area contributed by atoms with Gasteiger partial charge in [-0.2, -0.15) is 9.97 Å². The molecule has 4 aliphatic heterocycles. The summed E-state index contributed by atoms with van der Waals surface area (Å²) < 4.78 is 41.3. The highest BCUT2D eigenvalue weighted by Crippen LogP contribution is 2.43. The van der Waals surface area contributed by atoms with Crippen LogP contribution in [0.25, 0.3) is 34.9 Å². The van der Waals surface area contributed by atoms with E-state index in [0.717, 1.165) is 12.4 Å². The molecule has 20 heteroatoms. The van der Waals surface area contributed by atoms with Crippen LogP contribution in [0, 0.1) is 11.6 Å². The van der Waals surface area contributed by atoms with Gasteiger partial charge in [-0.25, -0.2) is 38.7 Å². The third kappa shape index (κ3) is 6.61. The summed E-state index contributed by atoms with van der Waals surface area (Å²) in [6.45, 7) is 6.77. The van der Waals surface area contributed by atoms with Crippen molar-refractivity contribution in [1.82, 2.24) is 49.0 Å². The summed E-state index contributed by atoms with van der Waals surface area (Å²) >= 11 is 0. The molecule has 6 aromatic rings. The number of imidazole rings is 2. The van der Waals surface area contributed by atoms with Crippen LogP contribution in [0.4, 0.5) is 31.8 Å². The topological polar surface area (TPSA) is 179 Å². The minimum atomic E-state index is -0.776. The van der Waals surface area contributed by atoms with E-state index in [1.165, 1.54) is 12.1 Å². The summed E-state index contributed by atoms with van der Waals surface area (Å²) in [5.74, 6) is 2.27. The van der Waals surface area contributed by atoms with Gasteiger partial charge in [-0.15, -0.1) is 0 Å². The van der Waals surface area contributed by atoms with Crippen LogP contribution in [0.15, 0.2) is 73.8 Å². The maximum atomic E-state index is 13.3. The lowest BCUT2D eigenvalue weighted by Crippen LogP contribution is -2.68. The fourth-order valence-corrected chi connectivity index (χ4v) is 8.22. The second-order valence-electron chi connectivity index (χ2n) is 14.6. The van der Waals surface area contributed by atoms with Gasteiger partial charge in [-0.1, -0.05) is 21.3 Å². The molecular formula is C41H44F2N14O4. The van der Waals surface area contributed by atoms with Gasteiger partial charge in [0.2, 0.25) is 11.9 Å². The van der Waals surface area contributed by atoms with Gasteiger partial charge in [0.1, 0.15) is 45.5 Å². The number of carbonyl (C=O) groups excluding carboxylic acids is 2. The predicted octanol–water partition coefficient (Wildman–Crippen LogP) is 4.29. The van der Waals surface area contributed by atoms with Crippen molar-refractivity contribution in [2.45, 2.75) is 45.2 Å². The average Bonchev–Trinajstić information content (AvgIpc) is 3.99. The molecule has 0 unspecified atom stereocenters. The Morgan fingerprint density at radius 2 is 1.05 bits per heavy atom. The fraction of sp³-hybridized carbons (Fsp3) is 0.366. The first-order chi connectivity index (χ1) is 29.1. The maximum absolute atomic E-state index is 13.3. The molecule has 0 saturated carbocycles. The summed E-state index contributed by atoms with van der Waals surface area (Å²) in [7, 11) is 3.47. The number of hydrogen-bond donors (Lipinski definition) is 0. The summed E-state index contributed by atoms with van der Waals surface area (Å²) in [6.07, 6.45) is 13.5. The molecule has 4 aliphatic rings. The van der Waals surface area contributed by atoms with Crippen molar-refractivity contribution >= 4 is 34.8 Å². The zero-order valence-corrected chi connectivity index (χ0v) is 33.2. The largest absolute Gasteiger partial charge is 0.377 e. The molecule has 10 rings (SSSR count). The van der Waals surface area contributed by atoms with E-state index >= 15 is 0 Å². The van der Waals surface area contributed by atoms with Crippen molar-refractivity contribution in [3.8, 4) is 34.9 Å². The Hall–Kier alpha value is -6.80. The minimum Gasteiger partial charge on any atom is -0.377 e. The molecule has 0 N–H and O–H groups in total. The van der Waals surface area contributed by atoms with E-state index in [2.05, 4.69) is 29.9 Å². The number of anilines is 4. The Labute approximate surface area is 349 Å². The van der Waals surface area contributed by atoms with Crippen LogP contribution in [-0.4, -0.2) is 126 Å². The highest BCUT2D eigenvalue weighted by Gasteiger charge is 2.53. The lowest BCUT2D eigenvalue weighted by atomic mass is 9.89. The Morgan fingerprint density at radius 1 is 0.623 bits per heavy atom. The van der Waals surface area contributed by atoms with E-state index < -0.39 is 22.7 Å². The van der Waals surface area contributed by atoms with Gasteiger partial charge in [0, 0.05) is 52.0 Å². The third-order valence-corrected chi connectivity index (χ3v) is 11.5. The number of nitrogens with zero attached hydrogens (tertiary/aromatic N) is 14. The van der Waals surface area contributed by atoms with Crippen molar-refractivity contribution in [1.29, 1.82) is 0 Å². The van der Waals surface area contributed by atoms with Crippen LogP contribution in [0.1, 0.15) is 34.1 Å². The number of amides is 2.